The molecule has 1 heterocycles. The summed E-state index contributed by atoms with van der Waals surface area (Å²) < 4.78 is 5.72. The van der Waals surface area contributed by atoms with Crippen molar-refractivity contribution in [3.63, 3.8) is 0 Å². The van der Waals surface area contributed by atoms with Crippen LogP contribution in [0.5, 0.6) is 5.75 Å². The van der Waals surface area contributed by atoms with Gasteiger partial charge in [-0.3, -0.25) is 4.79 Å². The highest BCUT2D eigenvalue weighted by atomic mass is 16.5. The minimum absolute atomic E-state index is 0.0299. The number of carbonyl (C=O) groups is 1. The van der Waals surface area contributed by atoms with Crippen LogP contribution in [-0.4, -0.2) is 12.4 Å². The summed E-state index contributed by atoms with van der Waals surface area (Å²) >= 11 is 0. The molecule has 0 radical (unpaired) electrons. The Hall–Kier alpha value is -3.58. The number of fused-ring (bicyclic) bond motifs is 4. The average Bonchev–Trinajstić information content (AvgIpc) is 2.76. The van der Waals surface area contributed by atoms with Crippen LogP contribution in [0.3, 0.4) is 0 Å². The number of nitrogens with zero attached hydrogens (tertiary/aromatic N) is 1. The SMILES string of the molecule is CC1(C)CC(=O)C2=C(C1)c1c(ccc3ccccc13)N[C@@H]2c1ccccc1OCC#N. The van der Waals surface area contributed by atoms with Gasteiger partial charge in [0.15, 0.2) is 12.4 Å². The Morgan fingerprint density at radius 1 is 1.06 bits per heavy atom. The lowest BCUT2D eigenvalue weighted by molar-refractivity contribution is -0.118. The van der Waals surface area contributed by atoms with E-state index >= 15 is 0 Å². The van der Waals surface area contributed by atoms with E-state index in [1.54, 1.807) is 0 Å². The number of carbonyl (C=O) groups excluding carboxylic acids is 1. The molecule has 0 saturated heterocycles. The second-order valence-electron chi connectivity index (χ2n) is 9.10. The summed E-state index contributed by atoms with van der Waals surface area (Å²) in [6.07, 6.45) is 1.36. The normalized spacial score (nSPS) is 19.3. The molecule has 0 fully saturated rings. The van der Waals surface area contributed by atoms with Crippen LogP contribution in [0.25, 0.3) is 16.3 Å². The lowest BCUT2D eigenvalue weighted by Gasteiger charge is -2.40. The van der Waals surface area contributed by atoms with Gasteiger partial charge in [-0.15, -0.1) is 0 Å². The first-order valence-electron chi connectivity index (χ1n) is 10.6. The van der Waals surface area contributed by atoms with Crippen molar-refractivity contribution in [1.82, 2.24) is 0 Å². The highest BCUT2D eigenvalue weighted by molar-refractivity contribution is 6.13. The van der Waals surface area contributed by atoms with Gasteiger partial charge in [-0.1, -0.05) is 62.4 Å². The van der Waals surface area contributed by atoms with E-state index in [1.807, 2.05) is 36.4 Å². The number of hydrogen-bond donors (Lipinski definition) is 1. The van der Waals surface area contributed by atoms with Crippen LogP contribution in [-0.2, 0) is 4.79 Å². The summed E-state index contributed by atoms with van der Waals surface area (Å²) in [6.45, 7) is 4.30. The van der Waals surface area contributed by atoms with Gasteiger partial charge in [0.05, 0.1) is 6.04 Å². The van der Waals surface area contributed by atoms with Crippen molar-refractivity contribution in [3.05, 3.63) is 77.4 Å². The van der Waals surface area contributed by atoms with Crippen LogP contribution in [0, 0.1) is 16.7 Å². The maximum atomic E-state index is 13.5. The molecule has 3 aromatic carbocycles. The zero-order valence-corrected chi connectivity index (χ0v) is 17.7. The van der Waals surface area contributed by atoms with Gasteiger partial charge in [-0.2, -0.15) is 5.26 Å². The molecule has 1 aliphatic carbocycles. The number of para-hydroxylation sites is 1. The third-order valence-electron chi connectivity index (χ3n) is 6.26. The predicted octanol–water partition coefficient (Wildman–Crippen LogP) is 6.05. The van der Waals surface area contributed by atoms with Gasteiger partial charge in [0.25, 0.3) is 0 Å². The number of ether oxygens (including phenoxy) is 1. The molecule has 0 saturated carbocycles. The third kappa shape index (κ3) is 3.27. The first kappa shape index (κ1) is 19.4. The number of nitriles is 1. The van der Waals surface area contributed by atoms with E-state index in [-0.39, 0.29) is 23.8 Å². The minimum atomic E-state index is -0.304. The lowest BCUT2D eigenvalue weighted by Crippen LogP contribution is -2.33. The second kappa shape index (κ2) is 7.28. The zero-order valence-electron chi connectivity index (χ0n) is 17.7. The van der Waals surface area contributed by atoms with Crippen LogP contribution < -0.4 is 10.1 Å². The molecule has 31 heavy (non-hydrogen) atoms. The summed E-state index contributed by atoms with van der Waals surface area (Å²) in [7, 11) is 0. The predicted molar refractivity (Wildman–Crippen MR) is 123 cm³/mol. The fraction of sp³-hybridized carbons (Fsp3) is 0.259. The van der Waals surface area contributed by atoms with Gasteiger partial charge in [0, 0.05) is 28.8 Å². The van der Waals surface area contributed by atoms with E-state index in [1.165, 1.54) is 5.39 Å². The molecule has 4 heteroatoms. The Kier molecular flexibility index (Phi) is 4.55. The number of benzene rings is 3. The molecular formula is C27H24N2O2. The smallest absolute Gasteiger partial charge is 0.174 e. The largest absolute Gasteiger partial charge is 0.478 e. The number of hydrogen-bond acceptors (Lipinski definition) is 4. The van der Waals surface area contributed by atoms with Gasteiger partial charge in [-0.25, -0.2) is 0 Å². The molecule has 0 bridgehead atoms. The third-order valence-corrected chi connectivity index (χ3v) is 6.26. The topological polar surface area (TPSA) is 62.1 Å². The highest BCUT2D eigenvalue weighted by Gasteiger charge is 2.41. The summed E-state index contributed by atoms with van der Waals surface area (Å²) in [5.74, 6) is 0.813. The quantitative estimate of drug-likeness (QED) is 0.573. The fourth-order valence-corrected chi connectivity index (χ4v) is 5.03. The van der Waals surface area contributed by atoms with Gasteiger partial charge in [0.2, 0.25) is 0 Å². The average molecular weight is 409 g/mol. The molecule has 1 N–H and O–H groups in total. The van der Waals surface area contributed by atoms with Crippen LogP contribution in [0.15, 0.2) is 66.2 Å². The molecule has 4 nitrogen and oxygen atoms in total. The van der Waals surface area contributed by atoms with E-state index < -0.39 is 0 Å². The first-order valence-corrected chi connectivity index (χ1v) is 10.6. The van der Waals surface area contributed by atoms with E-state index in [0.717, 1.165) is 39.8 Å². The number of allylic oxidation sites excluding steroid dienone is 1. The molecule has 1 atom stereocenters. The molecule has 3 aromatic rings. The van der Waals surface area contributed by atoms with Crippen molar-refractivity contribution in [3.8, 4) is 11.8 Å². The van der Waals surface area contributed by atoms with E-state index in [4.69, 9.17) is 10.00 Å². The van der Waals surface area contributed by atoms with Crippen LogP contribution in [0.1, 0.15) is 43.9 Å². The van der Waals surface area contributed by atoms with Crippen molar-refractivity contribution in [2.75, 3.05) is 11.9 Å². The molecule has 1 aliphatic heterocycles. The van der Waals surface area contributed by atoms with Gasteiger partial charge < -0.3 is 10.1 Å². The van der Waals surface area contributed by atoms with Crippen molar-refractivity contribution in [2.45, 2.75) is 32.7 Å². The molecule has 0 amide bonds. The number of anilines is 1. The maximum absolute atomic E-state index is 13.5. The van der Waals surface area contributed by atoms with Crippen LogP contribution in [0.4, 0.5) is 5.69 Å². The molecular weight excluding hydrogens is 384 g/mol. The number of nitrogens with one attached hydrogen (secondary N) is 1. The Labute approximate surface area is 182 Å². The van der Waals surface area contributed by atoms with E-state index in [9.17, 15) is 4.79 Å². The van der Waals surface area contributed by atoms with Crippen molar-refractivity contribution < 1.29 is 9.53 Å². The summed E-state index contributed by atoms with van der Waals surface area (Å²) in [5.41, 5.74) is 4.92. The van der Waals surface area contributed by atoms with Gasteiger partial charge in [-0.05, 0) is 40.3 Å². The van der Waals surface area contributed by atoms with E-state index in [0.29, 0.717) is 12.2 Å². The lowest BCUT2D eigenvalue weighted by atomic mass is 9.68. The van der Waals surface area contributed by atoms with Crippen LogP contribution in [0.2, 0.25) is 0 Å². The Morgan fingerprint density at radius 3 is 2.68 bits per heavy atom. The number of rotatable bonds is 3. The fourth-order valence-electron chi connectivity index (χ4n) is 5.03. The maximum Gasteiger partial charge on any atom is 0.174 e. The summed E-state index contributed by atoms with van der Waals surface area (Å²) in [5, 5.41) is 15.0. The van der Waals surface area contributed by atoms with Crippen LogP contribution >= 0.6 is 0 Å². The van der Waals surface area contributed by atoms with Crippen molar-refractivity contribution in [2.24, 2.45) is 5.41 Å². The second-order valence-corrected chi connectivity index (χ2v) is 9.10. The Balaban J connectivity index is 1.76. The summed E-state index contributed by atoms with van der Waals surface area (Å²) in [6, 6.07) is 22.0. The highest BCUT2D eigenvalue weighted by Crippen LogP contribution is 2.52. The number of ketones is 1. The van der Waals surface area contributed by atoms with Crippen molar-refractivity contribution >= 4 is 27.8 Å². The molecule has 0 spiro atoms. The Bertz CT molecular complexity index is 1280. The standard InChI is InChI=1S/C27H24N2O2/c1-27(2)15-20-24-18-8-4-3-7-17(18)11-12-21(24)29-26(25(20)22(30)16-27)19-9-5-6-10-23(19)31-14-13-28/h3-12,26,29H,14-16H2,1-2H3/t26-/m1/s1. The van der Waals surface area contributed by atoms with Gasteiger partial charge >= 0.3 is 0 Å². The molecule has 5 rings (SSSR count). The molecule has 0 aromatic heterocycles. The molecule has 2 aliphatic rings. The monoisotopic (exact) mass is 408 g/mol. The first-order chi connectivity index (χ1) is 15.0. The minimum Gasteiger partial charge on any atom is -0.478 e. The Morgan fingerprint density at radius 2 is 1.84 bits per heavy atom. The molecule has 0 unspecified atom stereocenters. The molecule has 154 valence electrons. The number of Topliss-reactive ketones (excluding diaryl/α,β-unsaturated/α-hetero) is 1. The zero-order chi connectivity index (χ0) is 21.6. The summed E-state index contributed by atoms with van der Waals surface area (Å²) in [4.78, 5) is 13.5. The van der Waals surface area contributed by atoms with E-state index in [2.05, 4.69) is 49.5 Å². The van der Waals surface area contributed by atoms with Crippen molar-refractivity contribution in [1.29, 1.82) is 5.26 Å². The van der Waals surface area contributed by atoms with Gasteiger partial charge in [0.1, 0.15) is 11.8 Å².